The fraction of sp³-hybridized carbons (Fsp3) is 1.00. The van der Waals surface area contributed by atoms with Gasteiger partial charge in [0.25, 0.3) is 0 Å². The topological polar surface area (TPSA) is 35.5 Å². The fourth-order valence-electron chi connectivity index (χ4n) is 2.85. The quantitative estimate of drug-likeness (QED) is 0.722. The van der Waals surface area contributed by atoms with E-state index >= 15 is 0 Å². The Hall–Kier alpha value is -0.120. The highest BCUT2D eigenvalue weighted by atomic mass is 16.3. The second-order valence-electron chi connectivity index (χ2n) is 5.24. The van der Waals surface area contributed by atoms with Crippen LogP contribution in [-0.4, -0.2) is 48.8 Å². The largest absolute Gasteiger partial charge is 0.393 e. The number of likely N-dealkylation sites (tertiary alicyclic amines) is 1. The summed E-state index contributed by atoms with van der Waals surface area (Å²) in [6.45, 7) is 7.98. The van der Waals surface area contributed by atoms with E-state index in [1.165, 1.54) is 52.0 Å². The van der Waals surface area contributed by atoms with Gasteiger partial charge in [-0.05, 0) is 64.2 Å². The van der Waals surface area contributed by atoms with Crippen LogP contribution < -0.4 is 5.32 Å². The Morgan fingerprint density at radius 2 is 2.07 bits per heavy atom. The summed E-state index contributed by atoms with van der Waals surface area (Å²) in [7, 11) is 0. The molecule has 0 aromatic carbocycles. The highest BCUT2D eigenvalue weighted by Crippen LogP contribution is 2.22. The van der Waals surface area contributed by atoms with E-state index in [1.807, 2.05) is 6.92 Å². The summed E-state index contributed by atoms with van der Waals surface area (Å²) in [5, 5.41) is 12.9. The molecule has 2 heterocycles. The van der Waals surface area contributed by atoms with Crippen molar-refractivity contribution in [2.45, 2.75) is 32.3 Å². The maximum atomic E-state index is 9.52. The molecule has 0 amide bonds. The number of aliphatic hydroxyl groups is 1. The van der Waals surface area contributed by atoms with E-state index in [0.29, 0.717) is 5.92 Å². The van der Waals surface area contributed by atoms with Crippen LogP contribution in [0.2, 0.25) is 0 Å². The van der Waals surface area contributed by atoms with E-state index in [-0.39, 0.29) is 6.10 Å². The summed E-state index contributed by atoms with van der Waals surface area (Å²) in [5.74, 6) is 1.41. The zero-order valence-corrected chi connectivity index (χ0v) is 9.78. The Bertz CT molecular complexity index is 182. The minimum absolute atomic E-state index is 0.111. The van der Waals surface area contributed by atoms with Gasteiger partial charge < -0.3 is 15.3 Å². The summed E-state index contributed by atoms with van der Waals surface area (Å²) in [4.78, 5) is 2.58. The Morgan fingerprint density at radius 3 is 2.60 bits per heavy atom. The average molecular weight is 212 g/mol. The summed E-state index contributed by atoms with van der Waals surface area (Å²) in [5.41, 5.74) is 0. The van der Waals surface area contributed by atoms with E-state index in [0.717, 1.165) is 5.92 Å². The number of hydrogen-bond acceptors (Lipinski definition) is 3. The van der Waals surface area contributed by atoms with Crippen molar-refractivity contribution in [3.8, 4) is 0 Å². The molecule has 0 bridgehead atoms. The third-order valence-electron chi connectivity index (χ3n) is 3.99. The molecule has 3 heteroatoms. The maximum absolute atomic E-state index is 9.52. The van der Waals surface area contributed by atoms with Gasteiger partial charge in [-0.1, -0.05) is 0 Å². The SMILES string of the molecule is CC(O)C1CCN(CC2CCNC2)CC1. The molecular weight excluding hydrogens is 188 g/mol. The van der Waals surface area contributed by atoms with E-state index in [4.69, 9.17) is 0 Å². The normalized spacial score (nSPS) is 32.0. The second kappa shape index (κ2) is 5.28. The molecule has 0 aliphatic carbocycles. The van der Waals surface area contributed by atoms with Gasteiger partial charge in [0, 0.05) is 6.54 Å². The minimum atomic E-state index is -0.111. The molecule has 0 saturated carbocycles. The molecule has 2 fully saturated rings. The van der Waals surface area contributed by atoms with Crippen LogP contribution in [0.25, 0.3) is 0 Å². The van der Waals surface area contributed by atoms with E-state index < -0.39 is 0 Å². The maximum Gasteiger partial charge on any atom is 0.0541 e. The zero-order chi connectivity index (χ0) is 10.7. The van der Waals surface area contributed by atoms with Gasteiger partial charge in [0.15, 0.2) is 0 Å². The molecule has 0 radical (unpaired) electrons. The molecule has 88 valence electrons. The molecule has 2 aliphatic rings. The van der Waals surface area contributed by atoms with Crippen LogP contribution >= 0.6 is 0 Å². The molecule has 15 heavy (non-hydrogen) atoms. The van der Waals surface area contributed by atoms with Gasteiger partial charge in [0.2, 0.25) is 0 Å². The Labute approximate surface area is 92.8 Å². The van der Waals surface area contributed by atoms with Crippen molar-refractivity contribution in [1.82, 2.24) is 10.2 Å². The number of nitrogens with zero attached hydrogens (tertiary/aromatic N) is 1. The van der Waals surface area contributed by atoms with Gasteiger partial charge >= 0.3 is 0 Å². The summed E-state index contributed by atoms with van der Waals surface area (Å²) < 4.78 is 0. The van der Waals surface area contributed by atoms with Crippen molar-refractivity contribution >= 4 is 0 Å². The van der Waals surface area contributed by atoms with E-state index in [1.54, 1.807) is 0 Å². The molecule has 3 nitrogen and oxygen atoms in total. The number of aliphatic hydroxyl groups excluding tert-OH is 1. The molecule has 2 saturated heterocycles. The molecule has 0 spiro atoms. The molecular formula is C12H24N2O. The van der Waals surface area contributed by atoms with Crippen LogP contribution in [0.15, 0.2) is 0 Å². The van der Waals surface area contributed by atoms with Crippen LogP contribution in [0.5, 0.6) is 0 Å². The van der Waals surface area contributed by atoms with E-state index in [2.05, 4.69) is 10.2 Å². The standard InChI is InChI=1S/C12H24N2O/c1-10(15)12-3-6-14(7-4-12)9-11-2-5-13-8-11/h10-13,15H,2-9H2,1H3. The lowest BCUT2D eigenvalue weighted by molar-refractivity contribution is 0.0674. The lowest BCUT2D eigenvalue weighted by atomic mass is 9.91. The van der Waals surface area contributed by atoms with Crippen molar-refractivity contribution < 1.29 is 5.11 Å². The summed E-state index contributed by atoms with van der Waals surface area (Å²) >= 11 is 0. The van der Waals surface area contributed by atoms with E-state index in [9.17, 15) is 5.11 Å². The molecule has 2 N–H and O–H groups in total. The molecule has 0 aromatic rings. The second-order valence-corrected chi connectivity index (χ2v) is 5.24. The molecule has 2 rings (SSSR count). The number of rotatable bonds is 3. The summed E-state index contributed by atoms with van der Waals surface area (Å²) in [6, 6.07) is 0. The first-order valence-corrected chi connectivity index (χ1v) is 6.37. The van der Waals surface area contributed by atoms with Crippen LogP contribution in [0.4, 0.5) is 0 Å². The van der Waals surface area contributed by atoms with Crippen molar-refractivity contribution in [1.29, 1.82) is 0 Å². The fourth-order valence-corrected chi connectivity index (χ4v) is 2.85. The van der Waals surface area contributed by atoms with Crippen LogP contribution in [0, 0.1) is 11.8 Å². The predicted octanol–water partition coefficient (Wildman–Crippen LogP) is 0.689. The van der Waals surface area contributed by atoms with Crippen molar-refractivity contribution in [2.75, 3.05) is 32.7 Å². The molecule has 2 unspecified atom stereocenters. The van der Waals surface area contributed by atoms with Crippen LogP contribution in [-0.2, 0) is 0 Å². The third-order valence-corrected chi connectivity index (χ3v) is 3.99. The van der Waals surface area contributed by atoms with Crippen molar-refractivity contribution in [2.24, 2.45) is 11.8 Å². The average Bonchev–Trinajstić information content (AvgIpc) is 2.71. The van der Waals surface area contributed by atoms with Gasteiger partial charge in [-0.15, -0.1) is 0 Å². The number of piperidine rings is 1. The Kier molecular flexibility index (Phi) is 4.00. The van der Waals surface area contributed by atoms with Gasteiger partial charge in [0.05, 0.1) is 6.10 Å². The minimum Gasteiger partial charge on any atom is -0.393 e. The number of hydrogen-bond donors (Lipinski definition) is 2. The molecule has 2 atom stereocenters. The van der Waals surface area contributed by atoms with Crippen LogP contribution in [0.1, 0.15) is 26.2 Å². The number of nitrogens with one attached hydrogen (secondary N) is 1. The zero-order valence-electron chi connectivity index (χ0n) is 9.78. The predicted molar refractivity (Wildman–Crippen MR) is 61.8 cm³/mol. The third kappa shape index (κ3) is 3.16. The first-order valence-electron chi connectivity index (χ1n) is 6.37. The molecule has 2 aliphatic heterocycles. The van der Waals surface area contributed by atoms with Crippen molar-refractivity contribution in [3.63, 3.8) is 0 Å². The van der Waals surface area contributed by atoms with Crippen molar-refractivity contribution in [3.05, 3.63) is 0 Å². The summed E-state index contributed by atoms with van der Waals surface area (Å²) in [6.07, 6.45) is 3.59. The van der Waals surface area contributed by atoms with Crippen LogP contribution in [0.3, 0.4) is 0 Å². The highest BCUT2D eigenvalue weighted by Gasteiger charge is 2.25. The highest BCUT2D eigenvalue weighted by molar-refractivity contribution is 4.79. The first kappa shape index (κ1) is 11.4. The Morgan fingerprint density at radius 1 is 1.33 bits per heavy atom. The lowest BCUT2D eigenvalue weighted by Crippen LogP contribution is -2.39. The smallest absolute Gasteiger partial charge is 0.0541 e. The van der Waals surface area contributed by atoms with Gasteiger partial charge in [-0.3, -0.25) is 0 Å². The molecule has 0 aromatic heterocycles. The lowest BCUT2D eigenvalue weighted by Gasteiger charge is -2.34. The van der Waals surface area contributed by atoms with Gasteiger partial charge in [-0.25, -0.2) is 0 Å². The van der Waals surface area contributed by atoms with Gasteiger partial charge in [0.1, 0.15) is 0 Å². The Balaban J connectivity index is 1.68. The van der Waals surface area contributed by atoms with Gasteiger partial charge in [-0.2, -0.15) is 0 Å². The first-order chi connectivity index (χ1) is 7.25. The monoisotopic (exact) mass is 212 g/mol.